The molecule has 3 N–H and O–H groups in total. The molecular formula is C16H12ClF5N2O2. The molecule has 0 fully saturated rings. The van der Waals surface area contributed by atoms with Gasteiger partial charge in [0.1, 0.15) is 17.4 Å². The van der Waals surface area contributed by atoms with Crippen molar-refractivity contribution in [2.24, 2.45) is 0 Å². The van der Waals surface area contributed by atoms with Crippen molar-refractivity contribution in [3.63, 3.8) is 0 Å². The first-order valence-corrected chi connectivity index (χ1v) is 7.46. The van der Waals surface area contributed by atoms with E-state index in [9.17, 15) is 26.7 Å². The normalized spacial score (nSPS) is 12.6. The van der Waals surface area contributed by atoms with Crippen LogP contribution in [-0.4, -0.2) is 18.2 Å². The van der Waals surface area contributed by atoms with Gasteiger partial charge in [-0.15, -0.1) is 0 Å². The average Bonchev–Trinajstić information content (AvgIpc) is 2.53. The van der Waals surface area contributed by atoms with Crippen LogP contribution in [0.15, 0.2) is 30.3 Å². The van der Waals surface area contributed by atoms with E-state index in [4.69, 9.17) is 22.1 Å². The molecule has 0 bridgehead atoms. The maximum absolute atomic E-state index is 13.8. The molecule has 0 saturated carbocycles. The van der Waals surface area contributed by atoms with Gasteiger partial charge in [0.2, 0.25) is 0 Å². The van der Waals surface area contributed by atoms with Crippen LogP contribution in [0.5, 0.6) is 5.75 Å². The number of anilines is 2. The monoisotopic (exact) mass is 394 g/mol. The molecule has 1 amide bonds. The summed E-state index contributed by atoms with van der Waals surface area (Å²) in [5.74, 6) is -3.67. The Bertz CT molecular complexity index is 822. The van der Waals surface area contributed by atoms with Crippen molar-refractivity contribution in [3.05, 3.63) is 52.6 Å². The van der Waals surface area contributed by atoms with Gasteiger partial charge in [0.15, 0.2) is 6.10 Å². The fourth-order valence-corrected chi connectivity index (χ4v) is 2.11. The molecule has 2 aromatic rings. The Hall–Kier alpha value is -2.55. The number of nitrogens with two attached hydrogens (primary N) is 1. The third kappa shape index (κ3) is 4.34. The summed E-state index contributed by atoms with van der Waals surface area (Å²) in [5.41, 5.74) is 3.79. The molecule has 0 aliphatic carbocycles. The van der Waals surface area contributed by atoms with E-state index < -0.39 is 52.5 Å². The van der Waals surface area contributed by atoms with Gasteiger partial charge in [-0.25, -0.2) is 8.78 Å². The molecule has 0 aliphatic rings. The zero-order valence-electron chi connectivity index (χ0n) is 13.1. The minimum absolute atomic E-state index is 0.152. The van der Waals surface area contributed by atoms with Gasteiger partial charge in [-0.1, -0.05) is 17.7 Å². The van der Waals surface area contributed by atoms with Gasteiger partial charge >= 0.3 is 6.18 Å². The molecule has 2 rings (SSSR count). The molecule has 4 nitrogen and oxygen atoms in total. The fourth-order valence-electron chi connectivity index (χ4n) is 1.90. The maximum atomic E-state index is 13.8. The van der Waals surface area contributed by atoms with Crippen LogP contribution in [0.1, 0.15) is 17.3 Å². The first-order valence-electron chi connectivity index (χ1n) is 7.08. The van der Waals surface area contributed by atoms with E-state index in [2.05, 4.69) is 5.32 Å². The number of halogens is 6. The Morgan fingerprint density at radius 3 is 2.46 bits per heavy atom. The van der Waals surface area contributed by atoms with Crippen LogP contribution < -0.4 is 15.8 Å². The number of benzene rings is 2. The Morgan fingerprint density at radius 1 is 1.23 bits per heavy atom. The second-order valence-electron chi connectivity index (χ2n) is 5.22. The lowest BCUT2D eigenvalue weighted by atomic mass is 10.1. The summed E-state index contributed by atoms with van der Waals surface area (Å²) >= 11 is 5.77. The third-order valence-electron chi connectivity index (χ3n) is 3.31. The Kier molecular flexibility index (Phi) is 5.60. The topological polar surface area (TPSA) is 64.3 Å². The highest BCUT2D eigenvalue weighted by Gasteiger charge is 2.38. The number of para-hydroxylation sites is 1. The number of hydrogen-bond donors (Lipinski definition) is 2. The van der Waals surface area contributed by atoms with Crippen molar-refractivity contribution in [2.75, 3.05) is 11.1 Å². The molecular weight excluding hydrogens is 383 g/mol. The number of carbonyl (C=O) groups excluding carboxylic acids is 1. The van der Waals surface area contributed by atoms with Gasteiger partial charge in [0.05, 0.1) is 22.0 Å². The van der Waals surface area contributed by atoms with Gasteiger partial charge in [0.25, 0.3) is 5.91 Å². The van der Waals surface area contributed by atoms with Crippen molar-refractivity contribution >= 4 is 28.9 Å². The van der Waals surface area contributed by atoms with Crippen molar-refractivity contribution in [3.8, 4) is 5.75 Å². The number of carbonyl (C=O) groups is 1. The summed E-state index contributed by atoms with van der Waals surface area (Å²) in [6.07, 6.45) is -7.03. The maximum Gasteiger partial charge on any atom is 0.425 e. The van der Waals surface area contributed by atoms with E-state index in [0.717, 1.165) is 12.1 Å². The van der Waals surface area contributed by atoms with Crippen LogP contribution in [0.4, 0.5) is 33.3 Å². The lowest BCUT2D eigenvalue weighted by Crippen LogP contribution is -2.32. The predicted molar refractivity (Wildman–Crippen MR) is 86.3 cm³/mol. The van der Waals surface area contributed by atoms with Crippen LogP contribution in [-0.2, 0) is 0 Å². The van der Waals surface area contributed by atoms with E-state index in [1.54, 1.807) is 0 Å². The lowest BCUT2D eigenvalue weighted by molar-refractivity contribution is -0.189. The number of hydrogen-bond acceptors (Lipinski definition) is 3. The van der Waals surface area contributed by atoms with Crippen LogP contribution >= 0.6 is 11.6 Å². The number of nitrogen functional groups attached to an aromatic ring is 1. The van der Waals surface area contributed by atoms with E-state index >= 15 is 0 Å². The summed E-state index contributed by atoms with van der Waals surface area (Å²) in [4.78, 5) is 12.3. The first kappa shape index (κ1) is 19.8. The van der Waals surface area contributed by atoms with E-state index in [1.165, 1.54) is 12.1 Å². The largest absolute Gasteiger partial charge is 0.480 e. The van der Waals surface area contributed by atoms with Crippen molar-refractivity contribution in [2.45, 2.75) is 19.2 Å². The van der Waals surface area contributed by atoms with Gasteiger partial charge in [-0.05, 0) is 25.1 Å². The van der Waals surface area contributed by atoms with E-state index in [-0.39, 0.29) is 5.02 Å². The van der Waals surface area contributed by atoms with Crippen LogP contribution in [0.25, 0.3) is 0 Å². The van der Waals surface area contributed by atoms with Gasteiger partial charge in [0, 0.05) is 6.07 Å². The van der Waals surface area contributed by atoms with Crippen LogP contribution in [0.2, 0.25) is 5.02 Å². The number of alkyl halides is 3. The van der Waals surface area contributed by atoms with Crippen LogP contribution in [0.3, 0.4) is 0 Å². The molecule has 0 spiro atoms. The zero-order chi connectivity index (χ0) is 19.6. The summed E-state index contributed by atoms with van der Waals surface area (Å²) in [5, 5.41) is 1.93. The van der Waals surface area contributed by atoms with Gasteiger partial charge < -0.3 is 15.8 Å². The highest BCUT2D eigenvalue weighted by atomic mass is 35.5. The van der Waals surface area contributed by atoms with E-state index in [0.29, 0.717) is 13.0 Å². The number of ether oxygens (including phenoxy) is 1. The van der Waals surface area contributed by atoms with Crippen molar-refractivity contribution < 1.29 is 31.5 Å². The number of amides is 1. The SMILES string of the molecule is C[C@H](Oc1cc(N)c(F)cc1C(=O)Nc1c(F)cccc1Cl)C(F)(F)F. The minimum atomic E-state index is -4.73. The first-order chi connectivity index (χ1) is 12.0. The molecule has 2 aromatic carbocycles. The third-order valence-corrected chi connectivity index (χ3v) is 3.62. The fraction of sp³-hybridized carbons (Fsp3) is 0.188. The molecule has 0 aliphatic heterocycles. The Balaban J connectivity index is 2.41. The molecule has 0 unspecified atom stereocenters. The van der Waals surface area contributed by atoms with Gasteiger partial charge in [-0.2, -0.15) is 13.2 Å². The second-order valence-corrected chi connectivity index (χ2v) is 5.63. The lowest BCUT2D eigenvalue weighted by Gasteiger charge is -2.20. The molecule has 140 valence electrons. The Morgan fingerprint density at radius 2 is 1.88 bits per heavy atom. The van der Waals surface area contributed by atoms with Gasteiger partial charge in [-0.3, -0.25) is 4.79 Å². The zero-order valence-corrected chi connectivity index (χ0v) is 13.9. The van der Waals surface area contributed by atoms with Crippen LogP contribution in [0, 0.1) is 11.6 Å². The Labute approximate surface area is 149 Å². The summed E-state index contributed by atoms with van der Waals surface area (Å²) in [6, 6.07) is 4.92. The summed E-state index contributed by atoms with van der Waals surface area (Å²) in [7, 11) is 0. The second kappa shape index (κ2) is 7.36. The standard InChI is InChI=1S/C16H12ClF5N2O2/c1-7(16(20,21)22)26-13-6-12(23)11(19)5-8(13)15(25)24-14-9(17)3-2-4-10(14)18/h2-7H,23H2,1H3,(H,24,25)/t7-/m0/s1. The molecule has 26 heavy (non-hydrogen) atoms. The molecule has 0 heterocycles. The highest BCUT2D eigenvalue weighted by Crippen LogP contribution is 2.32. The summed E-state index contributed by atoms with van der Waals surface area (Å²) < 4.78 is 70.3. The number of rotatable bonds is 4. The predicted octanol–water partition coefficient (Wildman–Crippen LogP) is 4.78. The van der Waals surface area contributed by atoms with E-state index in [1.807, 2.05) is 0 Å². The molecule has 1 atom stereocenters. The molecule has 0 saturated heterocycles. The highest BCUT2D eigenvalue weighted by molar-refractivity contribution is 6.34. The molecule has 0 radical (unpaired) electrons. The smallest absolute Gasteiger partial charge is 0.425 e. The summed E-state index contributed by atoms with van der Waals surface area (Å²) in [6.45, 7) is 0.703. The minimum Gasteiger partial charge on any atom is -0.480 e. The molecule has 0 aromatic heterocycles. The molecule has 10 heteroatoms. The number of nitrogens with one attached hydrogen (secondary N) is 1. The van der Waals surface area contributed by atoms with Crippen molar-refractivity contribution in [1.29, 1.82) is 0 Å². The van der Waals surface area contributed by atoms with Crippen molar-refractivity contribution in [1.82, 2.24) is 0 Å². The average molecular weight is 395 g/mol. The quantitative estimate of drug-likeness (QED) is 0.579.